The van der Waals surface area contributed by atoms with E-state index in [-0.39, 0.29) is 0 Å². The number of fused-ring (bicyclic) bond motifs is 1. The molecule has 1 atom stereocenters. The number of halogens is 2. The molecule has 2 aromatic carbocycles. The number of rotatable bonds is 2. The quantitative estimate of drug-likeness (QED) is 0.876. The van der Waals surface area contributed by atoms with E-state index in [4.69, 9.17) is 23.2 Å². The van der Waals surface area contributed by atoms with Crippen molar-refractivity contribution in [2.24, 2.45) is 0 Å². The topological polar surface area (TPSA) is 15.3 Å². The number of anilines is 1. The fourth-order valence-corrected chi connectivity index (χ4v) is 3.15. The van der Waals surface area contributed by atoms with Crippen LogP contribution < -0.4 is 10.2 Å². The Morgan fingerprint density at radius 3 is 2.81 bits per heavy atom. The first-order valence-corrected chi connectivity index (χ1v) is 7.90. The summed E-state index contributed by atoms with van der Waals surface area (Å²) in [5.74, 6) is 0. The van der Waals surface area contributed by atoms with Gasteiger partial charge in [-0.1, -0.05) is 53.5 Å². The number of nitrogens with zero attached hydrogens (tertiary/aromatic N) is 1. The maximum Gasteiger partial charge on any atom is 0.0642 e. The van der Waals surface area contributed by atoms with Gasteiger partial charge in [0, 0.05) is 31.4 Å². The Kier molecular flexibility index (Phi) is 4.39. The van der Waals surface area contributed by atoms with E-state index in [2.05, 4.69) is 41.4 Å². The fourth-order valence-electron chi connectivity index (χ4n) is 2.77. The van der Waals surface area contributed by atoms with Crippen LogP contribution in [0, 0.1) is 0 Å². The molecule has 1 N–H and O–H groups in total. The summed E-state index contributed by atoms with van der Waals surface area (Å²) >= 11 is 12.5. The fraction of sp³-hybridized carbons (Fsp3) is 0.294. The summed E-state index contributed by atoms with van der Waals surface area (Å²) in [6, 6.07) is 14.8. The van der Waals surface area contributed by atoms with Crippen LogP contribution in [-0.4, -0.2) is 12.6 Å². The minimum atomic E-state index is 0.426. The van der Waals surface area contributed by atoms with Gasteiger partial charge in [-0.2, -0.15) is 0 Å². The molecule has 0 aliphatic carbocycles. The second-order valence-corrected chi connectivity index (χ2v) is 6.29. The zero-order valence-corrected chi connectivity index (χ0v) is 13.5. The van der Waals surface area contributed by atoms with Gasteiger partial charge in [-0.3, -0.25) is 0 Å². The molecule has 1 unspecified atom stereocenters. The summed E-state index contributed by atoms with van der Waals surface area (Å²) < 4.78 is 0. The maximum absolute atomic E-state index is 6.34. The van der Waals surface area contributed by atoms with Crippen molar-refractivity contribution in [2.45, 2.75) is 26.1 Å². The Morgan fingerprint density at radius 1 is 1.14 bits per heavy atom. The van der Waals surface area contributed by atoms with E-state index in [1.807, 2.05) is 18.2 Å². The maximum atomic E-state index is 6.34. The molecule has 1 heterocycles. The predicted molar refractivity (Wildman–Crippen MR) is 90.3 cm³/mol. The van der Waals surface area contributed by atoms with Crippen LogP contribution in [0.1, 0.15) is 18.1 Å². The molecule has 110 valence electrons. The van der Waals surface area contributed by atoms with Crippen LogP contribution in [0.3, 0.4) is 0 Å². The summed E-state index contributed by atoms with van der Waals surface area (Å²) in [6.07, 6.45) is 0. The highest BCUT2D eigenvalue weighted by molar-refractivity contribution is 6.42. The van der Waals surface area contributed by atoms with Crippen LogP contribution in [0.4, 0.5) is 5.69 Å². The van der Waals surface area contributed by atoms with Gasteiger partial charge in [-0.05, 0) is 30.2 Å². The average molecular weight is 321 g/mol. The molecule has 4 heteroatoms. The zero-order chi connectivity index (χ0) is 14.8. The van der Waals surface area contributed by atoms with Gasteiger partial charge < -0.3 is 10.2 Å². The van der Waals surface area contributed by atoms with Crippen LogP contribution in [0.25, 0.3) is 0 Å². The first-order valence-electron chi connectivity index (χ1n) is 7.14. The van der Waals surface area contributed by atoms with Crippen LogP contribution in [0.2, 0.25) is 10.0 Å². The van der Waals surface area contributed by atoms with Gasteiger partial charge in [0.1, 0.15) is 0 Å². The smallest absolute Gasteiger partial charge is 0.0642 e. The molecule has 0 saturated carbocycles. The van der Waals surface area contributed by atoms with Crippen LogP contribution in [0.5, 0.6) is 0 Å². The Morgan fingerprint density at radius 2 is 1.95 bits per heavy atom. The lowest BCUT2D eigenvalue weighted by Crippen LogP contribution is -2.35. The molecule has 3 rings (SSSR count). The average Bonchev–Trinajstić information content (AvgIpc) is 2.64. The molecule has 0 spiro atoms. The molecule has 0 aromatic heterocycles. The molecular formula is C17H18Cl2N2. The Bertz CT molecular complexity index is 642. The molecule has 21 heavy (non-hydrogen) atoms. The molecule has 0 radical (unpaired) electrons. The second-order valence-electron chi connectivity index (χ2n) is 5.50. The molecular weight excluding hydrogens is 303 g/mol. The van der Waals surface area contributed by atoms with E-state index in [1.54, 1.807) is 0 Å². The molecule has 0 fully saturated rings. The summed E-state index contributed by atoms with van der Waals surface area (Å²) in [5, 5.41) is 4.81. The minimum Gasteiger partial charge on any atom is -0.365 e. The molecule has 0 saturated heterocycles. The van der Waals surface area contributed by atoms with Gasteiger partial charge >= 0.3 is 0 Å². The van der Waals surface area contributed by atoms with Crippen molar-refractivity contribution in [3.63, 3.8) is 0 Å². The molecule has 1 aliphatic rings. The summed E-state index contributed by atoms with van der Waals surface area (Å²) in [4.78, 5) is 2.37. The van der Waals surface area contributed by atoms with E-state index < -0.39 is 0 Å². The molecule has 2 aromatic rings. The highest BCUT2D eigenvalue weighted by Crippen LogP contribution is 2.30. The molecule has 0 bridgehead atoms. The lowest BCUT2D eigenvalue weighted by Gasteiger charge is -2.27. The second kappa shape index (κ2) is 6.27. The lowest BCUT2D eigenvalue weighted by molar-refractivity contribution is 0.552. The summed E-state index contributed by atoms with van der Waals surface area (Å²) in [7, 11) is 0. The standard InChI is InChI=1S/C17H18Cl2N2/c1-12-10-21(11-14-6-4-7-15(18)17(14)19)16-8-3-2-5-13(16)9-20-12/h2-8,12,20H,9-11H2,1H3. The van der Waals surface area contributed by atoms with E-state index >= 15 is 0 Å². The van der Waals surface area contributed by atoms with E-state index in [9.17, 15) is 0 Å². The SMILES string of the molecule is CC1CN(Cc2cccc(Cl)c2Cl)c2ccccc2CN1. The highest BCUT2D eigenvalue weighted by Gasteiger charge is 2.19. The van der Waals surface area contributed by atoms with Crippen molar-refractivity contribution in [3.05, 3.63) is 63.6 Å². The largest absolute Gasteiger partial charge is 0.365 e. The van der Waals surface area contributed by atoms with Crippen LogP contribution >= 0.6 is 23.2 Å². The van der Waals surface area contributed by atoms with Crippen LogP contribution in [-0.2, 0) is 13.1 Å². The van der Waals surface area contributed by atoms with Gasteiger partial charge in [0.15, 0.2) is 0 Å². The number of hydrogen-bond acceptors (Lipinski definition) is 2. The summed E-state index contributed by atoms with van der Waals surface area (Å²) in [6.45, 7) is 4.82. The number of nitrogens with one attached hydrogen (secondary N) is 1. The third kappa shape index (κ3) is 3.18. The number of para-hydroxylation sites is 1. The van der Waals surface area contributed by atoms with Crippen molar-refractivity contribution in [3.8, 4) is 0 Å². The van der Waals surface area contributed by atoms with E-state index in [1.165, 1.54) is 11.3 Å². The van der Waals surface area contributed by atoms with Gasteiger partial charge in [-0.15, -0.1) is 0 Å². The number of hydrogen-bond donors (Lipinski definition) is 1. The summed E-state index contributed by atoms with van der Waals surface area (Å²) in [5.41, 5.74) is 3.65. The van der Waals surface area contributed by atoms with Crippen molar-refractivity contribution >= 4 is 28.9 Å². The van der Waals surface area contributed by atoms with Gasteiger partial charge in [0.25, 0.3) is 0 Å². The third-order valence-electron chi connectivity index (χ3n) is 3.86. The normalized spacial score (nSPS) is 18.2. The van der Waals surface area contributed by atoms with E-state index in [0.29, 0.717) is 16.1 Å². The lowest BCUT2D eigenvalue weighted by atomic mass is 10.1. The van der Waals surface area contributed by atoms with Crippen molar-refractivity contribution in [1.82, 2.24) is 5.32 Å². The third-order valence-corrected chi connectivity index (χ3v) is 4.72. The number of benzene rings is 2. The van der Waals surface area contributed by atoms with Gasteiger partial charge in [0.05, 0.1) is 10.0 Å². The molecule has 1 aliphatic heterocycles. The Labute approximate surface area is 135 Å². The first-order chi connectivity index (χ1) is 10.1. The van der Waals surface area contributed by atoms with Crippen molar-refractivity contribution in [2.75, 3.05) is 11.4 Å². The van der Waals surface area contributed by atoms with E-state index in [0.717, 1.165) is 25.2 Å². The monoisotopic (exact) mass is 320 g/mol. The first kappa shape index (κ1) is 14.7. The minimum absolute atomic E-state index is 0.426. The zero-order valence-electron chi connectivity index (χ0n) is 11.9. The van der Waals surface area contributed by atoms with Gasteiger partial charge in [-0.25, -0.2) is 0 Å². The van der Waals surface area contributed by atoms with Crippen LogP contribution in [0.15, 0.2) is 42.5 Å². The Hall–Kier alpha value is -1.22. The predicted octanol–water partition coefficient (Wildman–Crippen LogP) is 4.49. The van der Waals surface area contributed by atoms with Gasteiger partial charge in [0.2, 0.25) is 0 Å². The molecule has 2 nitrogen and oxygen atoms in total. The Balaban J connectivity index is 1.95. The highest BCUT2D eigenvalue weighted by atomic mass is 35.5. The molecule has 0 amide bonds. The van der Waals surface area contributed by atoms with Crippen molar-refractivity contribution < 1.29 is 0 Å². The van der Waals surface area contributed by atoms with Crippen molar-refractivity contribution in [1.29, 1.82) is 0 Å².